The Morgan fingerprint density at radius 1 is 1.38 bits per heavy atom. The highest BCUT2D eigenvalue weighted by atomic mass is 15.1. The molecule has 1 aliphatic rings. The highest BCUT2D eigenvalue weighted by molar-refractivity contribution is 5.57. The van der Waals surface area contributed by atoms with Crippen LogP contribution in [0.2, 0.25) is 0 Å². The van der Waals surface area contributed by atoms with Gasteiger partial charge in [-0.3, -0.25) is 0 Å². The predicted molar refractivity (Wildman–Crippen MR) is 65.1 cm³/mol. The van der Waals surface area contributed by atoms with Crippen LogP contribution in [-0.2, 0) is 6.42 Å². The summed E-state index contributed by atoms with van der Waals surface area (Å²) in [6.45, 7) is 3.12. The first-order valence-electron chi connectivity index (χ1n) is 5.72. The van der Waals surface area contributed by atoms with Crippen molar-refractivity contribution in [2.24, 2.45) is 0 Å². The molecule has 2 heterocycles. The number of hydrogen-bond acceptors (Lipinski definition) is 2. The van der Waals surface area contributed by atoms with Gasteiger partial charge in [0.15, 0.2) is 0 Å². The molecule has 82 valence electrons. The Morgan fingerprint density at radius 2 is 2.31 bits per heavy atom. The number of nitrogens with one attached hydrogen (secondary N) is 1. The van der Waals surface area contributed by atoms with Gasteiger partial charge in [0.05, 0.1) is 0 Å². The molecule has 0 atom stereocenters. The molecule has 0 spiro atoms. The Balaban J connectivity index is 2.06. The number of aryl methyl sites for hydroxylation is 2. The summed E-state index contributed by atoms with van der Waals surface area (Å²) in [5.41, 5.74) is 3.90. The number of benzene rings is 1. The monoisotopic (exact) mass is 213 g/mol. The van der Waals surface area contributed by atoms with E-state index >= 15 is 0 Å². The van der Waals surface area contributed by atoms with Gasteiger partial charge in [-0.1, -0.05) is 0 Å². The van der Waals surface area contributed by atoms with Crippen molar-refractivity contribution in [2.45, 2.75) is 19.8 Å². The van der Waals surface area contributed by atoms with Gasteiger partial charge in [0.1, 0.15) is 5.82 Å². The number of imidazole rings is 1. The molecular weight excluding hydrogens is 198 g/mol. The van der Waals surface area contributed by atoms with Gasteiger partial charge in [-0.2, -0.15) is 0 Å². The van der Waals surface area contributed by atoms with Crippen molar-refractivity contribution in [2.75, 3.05) is 11.9 Å². The minimum Gasteiger partial charge on any atom is -0.385 e. The number of aromatic nitrogens is 2. The van der Waals surface area contributed by atoms with Crippen molar-refractivity contribution >= 4 is 5.69 Å². The van der Waals surface area contributed by atoms with E-state index in [2.05, 4.69) is 33.1 Å². The van der Waals surface area contributed by atoms with E-state index in [9.17, 15) is 0 Å². The van der Waals surface area contributed by atoms with Gasteiger partial charge >= 0.3 is 0 Å². The van der Waals surface area contributed by atoms with E-state index in [0.717, 1.165) is 12.4 Å². The van der Waals surface area contributed by atoms with E-state index in [4.69, 9.17) is 0 Å². The Labute approximate surface area is 95.1 Å². The van der Waals surface area contributed by atoms with Crippen LogP contribution in [0.5, 0.6) is 0 Å². The zero-order valence-electron chi connectivity index (χ0n) is 9.40. The first-order valence-corrected chi connectivity index (χ1v) is 5.72. The predicted octanol–water partition coefficient (Wildman–Crippen LogP) is 2.54. The van der Waals surface area contributed by atoms with Crippen LogP contribution in [0.15, 0.2) is 30.6 Å². The molecule has 3 nitrogen and oxygen atoms in total. The number of nitrogens with zero attached hydrogens (tertiary/aromatic N) is 2. The molecule has 0 aliphatic carbocycles. The van der Waals surface area contributed by atoms with Crippen molar-refractivity contribution in [1.82, 2.24) is 9.55 Å². The largest absolute Gasteiger partial charge is 0.385 e. The number of fused-ring (bicyclic) bond motifs is 1. The molecule has 1 N–H and O–H groups in total. The van der Waals surface area contributed by atoms with Gasteiger partial charge in [-0.25, -0.2) is 4.98 Å². The number of rotatable bonds is 1. The summed E-state index contributed by atoms with van der Waals surface area (Å²) in [6, 6.07) is 6.57. The second-order valence-corrected chi connectivity index (χ2v) is 4.22. The quantitative estimate of drug-likeness (QED) is 0.789. The molecule has 3 rings (SSSR count). The second kappa shape index (κ2) is 3.67. The van der Waals surface area contributed by atoms with Crippen LogP contribution in [0, 0.1) is 6.92 Å². The minimum absolute atomic E-state index is 1.03. The molecule has 16 heavy (non-hydrogen) atoms. The molecular formula is C13H15N3. The summed E-state index contributed by atoms with van der Waals surface area (Å²) in [5, 5.41) is 3.42. The number of hydrogen-bond donors (Lipinski definition) is 1. The fraction of sp³-hybridized carbons (Fsp3) is 0.308. The van der Waals surface area contributed by atoms with Gasteiger partial charge in [-0.05, 0) is 43.5 Å². The minimum atomic E-state index is 1.03. The molecule has 0 radical (unpaired) electrons. The molecule has 1 aliphatic heterocycles. The lowest BCUT2D eigenvalue weighted by molar-refractivity contribution is 0.827. The van der Waals surface area contributed by atoms with Crippen molar-refractivity contribution < 1.29 is 0 Å². The summed E-state index contributed by atoms with van der Waals surface area (Å²) < 4.78 is 2.12. The van der Waals surface area contributed by atoms with Crippen LogP contribution in [-0.4, -0.2) is 16.1 Å². The molecule has 1 aromatic heterocycles. The lowest BCUT2D eigenvalue weighted by atomic mass is 10.0. The van der Waals surface area contributed by atoms with Gasteiger partial charge in [0, 0.05) is 30.3 Å². The molecule has 1 aromatic carbocycles. The average molecular weight is 213 g/mol. The Bertz CT molecular complexity index is 514. The van der Waals surface area contributed by atoms with Gasteiger partial charge in [0.2, 0.25) is 0 Å². The summed E-state index contributed by atoms with van der Waals surface area (Å²) >= 11 is 0. The van der Waals surface area contributed by atoms with E-state index < -0.39 is 0 Å². The van der Waals surface area contributed by atoms with E-state index in [1.165, 1.54) is 29.8 Å². The molecule has 0 unspecified atom stereocenters. The Kier molecular flexibility index (Phi) is 2.17. The first-order chi connectivity index (χ1) is 7.84. The molecule has 0 amide bonds. The first kappa shape index (κ1) is 9.46. The zero-order valence-corrected chi connectivity index (χ0v) is 9.40. The molecule has 3 heteroatoms. The second-order valence-electron chi connectivity index (χ2n) is 4.22. The lowest BCUT2D eigenvalue weighted by Gasteiger charge is -2.19. The van der Waals surface area contributed by atoms with Crippen LogP contribution >= 0.6 is 0 Å². The zero-order chi connectivity index (χ0) is 11.0. The van der Waals surface area contributed by atoms with Gasteiger partial charge < -0.3 is 9.88 Å². The summed E-state index contributed by atoms with van der Waals surface area (Å²) in [4.78, 5) is 4.25. The van der Waals surface area contributed by atoms with Crippen LogP contribution < -0.4 is 5.32 Å². The molecule has 0 bridgehead atoms. The van der Waals surface area contributed by atoms with E-state index in [1.807, 2.05) is 19.3 Å². The van der Waals surface area contributed by atoms with Crippen molar-refractivity contribution in [3.8, 4) is 5.69 Å². The highest BCUT2D eigenvalue weighted by Gasteiger charge is 2.09. The molecule has 0 saturated carbocycles. The Hall–Kier alpha value is -1.77. The maximum absolute atomic E-state index is 4.25. The third-order valence-corrected chi connectivity index (χ3v) is 3.13. The van der Waals surface area contributed by atoms with Gasteiger partial charge in [0.25, 0.3) is 0 Å². The van der Waals surface area contributed by atoms with Crippen molar-refractivity contribution in [3.63, 3.8) is 0 Å². The third-order valence-electron chi connectivity index (χ3n) is 3.13. The number of anilines is 1. The highest BCUT2D eigenvalue weighted by Crippen LogP contribution is 2.24. The SMILES string of the molecule is Cc1nccn1-c1ccc2c(c1)CCCN2. The van der Waals surface area contributed by atoms with Crippen molar-refractivity contribution in [3.05, 3.63) is 42.0 Å². The van der Waals surface area contributed by atoms with Crippen LogP contribution in [0.3, 0.4) is 0 Å². The summed E-state index contributed by atoms with van der Waals surface area (Å²) in [7, 11) is 0. The summed E-state index contributed by atoms with van der Waals surface area (Å²) in [5.74, 6) is 1.03. The summed E-state index contributed by atoms with van der Waals surface area (Å²) in [6.07, 6.45) is 6.24. The topological polar surface area (TPSA) is 29.9 Å². The average Bonchev–Trinajstić information content (AvgIpc) is 2.75. The third kappa shape index (κ3) is 1.48. The van der Waals surface area contributed by atoms with Crippen molar-refractivity contribution in [1.29, 1.82) is 0 Å². The fourth-order valence-corrected chi connectivity index (χ4v) is 2.26. The van der Waals surface area contributed by atoms with E-state index in [0.29, 0.717) is 0 Å². The molecule has 0 saturated heterocycles. The fourth-order valence-electron chi connectivity index (χ4n) is 2.26. The molecule has 0 fully saturated rings. The van der Waals surface area contributed by atoms with Crippen LogP contribution in [0.1, 0.15) is 17.8 Å². The maximum Gasteiger partial charge on any atom is 0.110 e. The smallest absolute Gasteiger partial charge is 0.110 e. The van der Waals surface area contributed by atoms with E-state index in [1.54, 1.807) is 0 Å². The molecule has 2 aromatic rings. The maximum atomic E-state index is 4.25. The van der Waals surface area contributed by atoms with Crippen LogP contribution in [0.4, 0.5) is 5.69 Å². The van der Waals surface area contributed by atoms with Gasteiger partial charge in [-0.15, -0.1) is 0 Å². The normalized spacial score (nSPS) is 14.3. The van der Waals surface area contributed by atoms with E-state index in [-0.39, 0.29) is 0 Å². The van der Waals surface area contributed by atoms with Crippen LogP contribution in [0.25, 0.3) is 5.69 Å². The standard InChI is InChI=1S/C13H15N3/c1-10-14-7-8-16(10)12-4-5-13-11(9-12)3-2-6-15-13/h4-5,7-9,15H,2-3,6H2,1H3. The Morgan fingerprint density at radius 3 is 3.12 bits per heavy atom. The lowest BCUT2D eigenvalue weighted by Crippen LogP contribution is -2.12.